The first kappa shape index (κ1) is 15.6. The number of nitrogens with one attached hydrogen (secondary N) is 1. The van der Waals surface area contributed by atoms with Gasteiger partial charge in [-0.15, -0.1) is 11.3 Å². The summed E-state index contributed by atoms with van der Waals surface area (Å²) in [6, 6.07) is 0.472. The molecule has 0 saturated carbocycles. The third kappa shape index (κ3) is 3.56. The summed E-state index contributed by atoms with van der Waals surface area (Å²) in [4.78, 5) is 10.1. The fourth-order valence-electron chi connectivity index (χ4n) is 2.77. The molecule has 6 heteroatoms. The zero-order valence-electron chi connectivity index (χ0n) is 13.5. The van der Waals surface area contributed by atoms with Gasteiger partial charge in [-0.25, -0.2) is 9.97 Å². The molecule has 0 aliphatic carbocycles. The molecule has 1 fully saturated rings. The van der Waals surface area contributed by atoms with Gasteiger partial charge in [0, 0.05) is 37.3 Å². The van der Waals surface area contributed by atoms with Crippen LogP contribution in [0.2, 0.25) is 0 Å². The minimum atomic E-state index is 0.140. The van der Waals surface area contributed by atoms with Gasteiger partial charge in [0.1, 0.15) is 11.1 Å². The van der Waals surface area contributed by atoms with Crippen LogP contribution in [-0.4, -0.2) is 27.2 Å². The Bertz CT molecular complexity index is 607. The van der Waals surface area contributed by atoms with Crippen LogP contribution in [0.1, 0.15) is 54.3 Å². The summed E-state index contributed by atoms with van der Waals surface area (Å²) in [5.41, 5.74) is 1.16. The minimum absolute atomic E-state index is 0.140. The van der Waals surface area contributed by atoms with Crippen molar-refractivity contribution in [1.29, 1.82) is 0 Å². The smallest absolute Gasteiger partial charge is 0.107 e. The van der Waals surface area contributed by atoms with Crippen molar-refractivity contribution in [3.05, 3.63) is 34.3 Å². The Kier molecular flexibility index (Phi) is 4.90. The monoisotopic (exact) mass is 320 g/mol. The molecule has 0 aromatic carbocycles. The molecular weight excluding hydrogens is 296 g/mol. The summed E-state index contributed by atoms with van der Waals surface area (Å²) in [6.07, 6.45) is 7.93. The number of aryl methyl sites for hydroxylation is 1. The average molecular weight is 320 g/mol. The van der Waals surface area contributed by atoms with E-state index >= 15 is 0 Å². The molecule has 1 saturated heterocycles. The van der Waals surface area contributed by atoms with Gasteiger partial charge in [-0.3, -0.25) is 0 Å². The van der Waals surface area contributed by atoms with Gasteiger partial charge in [-0.1, -0.05) is 13.8 Å². The van der Waals surface area contributed by atoms with Crippen LogP contribution in [0.5, 0.6) is 0 Å². The number of imidazole rings is 1. The van der Waals surface area contributed by atoms with Gasteiger partial charge in [-0.05, 0) is 18.8 Å². The summed E-state index contributed by atoms with van der Waals surface area (Å²) < 4.78 is 7.95. The molecule has 3 heterocycles. The highest BCUT2D eigenvalue weighted by Gasteiger charge is 2.25. The van der Waals surface area contributed by atoms with Crippen LogP contribution in [0.3, 0.4) is 0 Å². The van der Waals surface area contributed by atoms with Gasteiger partial charge in [0.25, 0.3) is 0 Å². The molecule has 120 valence electrons. The van der Waals surface area contributed by atoms with Gasteiger partial charge in [0.05, 0.1) is 18.2 Å². The highest BCUT2D eigenvalue weighted by atomic mass is 32.1. The van der Waals surface area contributed by atoms with Gasteiger partial charge in [-0.2, -0.15) is 0 Å². The van der Waals surface area contributed by atoms with Crippen molar-refractivity contribution in [2.75, 3.05) is 6.61 Å². The molecule has 0 radical (unpaired) electrons. The molecule has 0 unspecified atom stereocenters. The van der Waals surface area contributed by atoms with Gasteiger partial charge >= 0.3 is 0 Å². The fourth-order valence-corrected chi connectivity index (χ4v) is 3.64. The first-order valence-electron chi connectivity index (χ1n) is 7.89. The maximum absolute atomic E-state index is 5.91. The molecule has 0 amide bonds. The maximum atomic E-state index is 5.91. The number of thiazole rings is 1. The van der Waals surface area contributed by atoms with Crippen molar-refractivity contribution in [2.45, 2.75) is 51.3 Å². The van der Waals surface area contributed by atoms with Crippen molar-refractivity contribution in [1.82, 2.24) is 19.9 Å². The van der Waals surface area contributed by atoms with Crippen molar-refractivity contribution in [3.8, 4) is 0 Å². The Labute approximate surface area is 135 Å². The molecule has 1 aliphatic heterocycles. The average Bonchev–Trinajstić information content (AvgIpc) is 3.14. The summed E-state index contributed by atoms with van der Waals surface area (Å²) >= 11 is 1.81. The highest BCUT2D eigenvalue weighted by molar-refractivity contribution is 7.11. The fraction of sp³-hybridized carbons (Fsp3) is 0.625. The van der Waals surface area contributed by atoms with Crippen LogP contribution in [0.15, 0.2) is 18.7 Å². The van der Waals surface area contributed by atoms with Gasteiger partial charge < -0.3 is 14.6 Å². The van der Waals surface area contributed by atoms with Gasteiger partial charge in [0.15, 0.2) is 0 Å². The number of aromatic nitrogens is 3. The lowest BCUT2D eigenvalue weighted by atomic mass is 10.0. The van der Waals surface area contributed by atoms with Crippen molar-refractivity contribution in [2.24, 2.45) is 7.05 Å². The van der Waals surface area contributed by atoms with E-state index < -0.39 is 0 Å². The number of nitrogens with zero attached hydrogens (tertiary/aromatic N) is 3. The lowest BCUT2D eigenvalue weighted by molar-refractivity contribution is -0.00404. The Morgan fingerprint density at radius 1 is 1.45 bits per heavy atom. The Morgan fingerprint density at radius 3 is 3.00 bits per heavy atom. The number of ether oxygens (including phenoxy) is 1. The van der Waals surface area contributed by atoms with Crippen LogP contribution in [0.4, 0.5) is 0 Å². The summed E-state index contributed by atoms with van der Waals surface area (Å²) in [5, 5.41) is 4.81. The van der Waals surface area contributed by atoms with E-state index in [-0.39, 0.29) is 6.10 Å². The predicted molar refractivity (Wildman–Crippen MR) is 88.0 cm³/mol. The molecule has 2 aromatic rings. The van der Waals surface area contributed by atoms with Crippen molar-refractivity contribution < 1.29 is 4.74 Å². The van der Waals surface area contributed by atoms with E-state index in [0.29, 0.717) is 12.0 Å². The summed E-state index contributed by atoms with van der Waals surface area (Å²) in [7, 11) is 2.02. The quantitative estimate of drug-likeness (QED) is 0.920. The Morgan fingerprint density at radius 2 is 2.32 bits per heavy atom. The minimum Gasteiger partial charge on any atom is -0.372 e. The summed E-state index contributed by atoms with van der Waals surface area (Å²) in [5.74, 6) is 0.559. The maximum Gasteiger partial charge on any atom is 0.107 e. The Hall–Kier alpha value is -1.24. The number of rotatable bonds is 5. The zero-order valence-corrected chi connectivity index (χ0v) is 14.3. The van der Waals surface area contributed by atoms with E-state index in [0.717, 1.165) is 31.7 Å². The molecule has 1 N–H and O–H groups in total. The lowest BCUT2D eigenvalue weighted by Crippen LogP contribution is -2.36. The molecule has 3 rings (SSSR count). The van der Waals surface area contributed by atoms with E-state index in [9.17, 15) is 0 Å². The summed E-state index contributed by atoms with van der Waals surface area (Å²) in [6.45, 7) is 6.06. The second-order valence-electron chi connectivity index (χ2n) is 6.20. The van der Waals surface area contributed by atoms with Gasteiger partial charge in [0.2, 0.25) is 0 Å². The third-order valence-corrected chi connectivity index (χ3v) is 5.45. The van der Waals surface area contributed by atoms with E-state index in [4.69, 9.17) is 4.74 Å². The van der Waals surface area contributed by atoms with Crippen LogP contribution in [-0.2, 0) is 18.3 Å². The van der Waals surface area contributed by atoms with E-state index in [1.54, 1.807) is 0 Å². The normalized spacial score (nSPS) is 22.4. The first-order valence-corrected chi connectivity index (χ1v) is 8.71. The third-order valence-electron chi connectivity index (χ3n) is 4.15. The van der Waals surface area contributed by atoms with Crippen LogP contribution in [0, 0.1) is 0 Å². The van der Waals surface area contributed by atoms with Crippen LogP contribution >= 0.6 is 11.3 Å². The second-order valence-corrected chi connectivity index (χ2v) is 7.35. The first-order chi connectivity index (χ1) is 10.6. The standard InChI is InChI=1S/C16H24N4OS/c1-11(2)15-8-19-16(22-15)9-18-12-4-5-21-14(6-12)13-7-17-10-20(13)3/h7-8,10-12,14,18H,4-6,9H2,1-3H3/t12-,14-/m0/s1. The van der Waals surface area contributed by atoms with Crippen molar-refractivity contribution >= 4 is 11.3 Å². The van der Waals surface area contributed by atoms with Crippen LogP contribution < -0.4 is 5.32 Å². The highest BCUT2D eigenvalue weighted by Crippen LogP contribution is 2.28. The molecule has 2 aromatic heterocycles. The van der Waals surface area contributed by atoms with E-state index in [2.05, 4.69) is 29.1 Å². The molecule has 2 atom stereocenters. The Balaban J connectivity index is 1.55. The zero-order chi connectivity index (χ0) is 15.5. The van der Waals surface area contributed by atoms with E-state index in [1.807, 2.05) is 41.7 Å². The molecular formula is C16H24N4OS. The van der Waals surface area contributed by atoms with E-state index in [1.165, 1.54) is 9.88 Å². The molecule has 0 bridgehead atoms. The predicted octanol–water partition coefficient (Wildman–Crippen LogP) is 3.01. The number of hydrogen-bond donors (Lipinski definition) is 1. The van der Waals surface area contributed by atoms with Crippen LogP contribution in [0.25, 0.3) is 0 Å². The second kappa shape index (κ2) is 6.89. The largest absolute Gasteiger partial charge is 0.372 e. The molecule has 22 heavy (non-hydrogen) atoms. The van der Waals surface area contributed by atoms with Crippen molar-refractivity contribution in [3.63, 3.8) is 0 Å². The number of hydrogen-bond acceptors (Lipinski definition) is 5. The topological polar surface area (TPSA) is 52.0 Å². The molecule has 0 spiro atoms. The lowest BCUT2D eigenvalue weighted by Gasteiger charge is -2.30. The SMILES string of the molecule is CC(C)c1cnc(CN[C@H]2CCO[C@H](c3cncn3C)C2)s1. The molecule has 5 nitrogen and oxygen atoms in total. The molecule has 1 aliphatic rings.